The maximum Gasteiger partial charge on any atom is 0.303 e. The summed E-state index contributed by atoms with van der Waals surface area (Å²) in [6, 6.07) is 0. The molecule has 4 heteroatoms. The number of unbranched alkanes of at least 4 members (excludes halogenated alkanes) is 6. The van der Waals surface area contributed by atoms with E-state index in [-0.39, 0.29) is 12.3 Å². The molecular formula is C13H25NO3. The van der Waals surface area contributed by atoms with E-state index in [1.54, 1.807) is 0 Å². The van der Waals surface area contributed by atoms with Crippen LogP contribution in [0.3, 0.4) is 0 Å². The average Bonchev–Trinajstić information content (AvgIpc) is 2.27. The molecule has 0 radical (unpaired) electrons. The van der Waals surface area contributed by atoms with Gasteiger partial charge in [0.25, 0.3) is 0 Å². The lowest BCUT2D eigenvalue weighted by Gasteiger charge is -2.02. The summed E-state index contributed by atoms with van der Waals surface area (Å²) in [7, 11) is 0. The molecular weight excluding hydrogens is 218 g/mol. The lowest BCUT2D eigenvalue weighted by molar-refractivity contribution is -0.137. The van der Waals surface area contributed by atoms with E-state index >= 15 is 0 Å². The molecule has 0 aliphatic heterocycles. The van der Waals surface area contributed by atoms with E-state index < -0.39 is 5.97 Å². The number of amides is 1. The van der Waals surface area contributed by atoms with Crippen LogP contribution >= 0.6 is 0 Å². The molecule has 2 N–H and O–H groups in total. The molecule has 0 heterocycles. The molecule has 0 spiro atoms. The fourth-order valence-electron chi connectivity index (χ4n) is 1.73. The number of carbonyl (C=O) groups is 2. The number of carbonyl (C=O) groups excluding carboxylic acids is 1. The number of nitrogens with one attached hydrogen (secondary N) is 1. The van der Waals surface area contributed by atoms with E-state index in [1.165, 1.54) is 0 Å². The quantitative estimate of drug-likeness (QED) is 0.548. The first-order chi connectivity index (χ1) is 8.16. The number of rotatable bonds is 11. The molecule has 0 aliphatic rings. The smallest absolute Gasteiger partial charge is 0.303 e. The van der Waals surface area contributed by atoms with E-state index in [0.717, 1.165) is 44.9 Å². The van der Waals surface area contributed by atoms with Gasteiger partial charge in [-0.15, -0.1) is 0 Å². The predicted octanol–water partition coefficient (Wildman–Crippen LogP) is 2.72. The van der Waals surface area contributed by atoms with Gasteiger partial charge in [0, 0.05) is 19.4 Å². The van der Waals surface area contributed by atoms with Crippen molar-refractivity contribution >= 4 is 11.9 Å². The highest BCUT2D eigenvalue weighted by Gasteiger charge is 1.99. The molecule has 0 aliphatic carbocycles. The van der Waals surface area contributed by atoms with Crippen molar-refractivity contribution in [3.8, 4) is 0 Å². The van der Waals surface area contributed by atoms with E-state index in [4.69, 9.17) is 5.11 Å². The largest absolute Gasteiger partial charge is 0.481 e. The van der Waals surface area contributed by atoms with Crippen LogP contribution in [0.4, 0.5) is 0 Å². The van der Waals surface area contributed by atoms with Gasteiger partial charge in [0.2, 0.25) is 5.91 Å². The lowest BCUT2D eigenvalue weighted by atomic mass is 10.1. The standard InChI is InChI=1S/C13H25NO3/c1-2-14-12(15)10-8-6-4-3-5-7-9-11-13(16)17/h2-11H2,1H3,(H,14,15)(H,16,17). The van der Waals surface area contributed by atoms with Crippen LogP contribution in [0.15, 0.2) is 0 Å². The molecule has 0 unspecified atom stereocenters. The third-order valence-corrected chi connectivity index (χ3v) is 2.67. The van der Waals surface area contributed by atoms with Gasteiger partial charge in [-0.1, -0.05) is 32.1 Å². The summed E-state index contributed by atoms with van der Waals surface area (Å²) in [5, 5.41) is 11.2. The Bertz CT molecular complexity index is 217. The summed E-state index contributed by atoms with van der Waals surface area (Å²) < 4.78 is 0. The lowest BCUT2D eigenvalue weighted by Crippen LogP contribution is -2.21. The molecule has 0 rings (SSSR count). The normalized spacial score (nSPS) is 10.2. The number of carboxylic acids is 1. The summed E-state index contributed by atoms with van der Waals surface area (Å²) in [5.41, 5.74) is 0. The summed E-state index contributed by atoms with van der Waals surface area (Å²) in [6.45, 7) is 2.64. The van der Waals surface area contributed by atoms with Crippen molar-refractivity contribution in [1.82, 2.24) is 5.32 Å². The molecule has 0 bridgehead atoms. The van der Waals surface area contributed by atoms with Gasteiger partial charge in [-0.05, 0) is 19.8 Å². The van der Waals surface area contributed by atoms with E-state index in [9.17, 15) is 9.59 Å². The Morgan fingerprint density at radius 2 is 1.35 bits per heavy atom. The van der Waals surface area contributed by atoms with Crippen LogP contribution in [0.25, 0.3) is 0 Å². The van der Waals surface area contributed by atoms with Crippen molar-refractivity contribution in [2.24, 2.45) is 0 Å². The molecule has 0 atom stereocenters. The van der Waals surface area contributed by atoms with Crippen molar-refractivity contribution in [2.75, 3.05) is 6.54 Å². The molecule has 0 aromatic heterocycles. The Morgan fingerprint density at radius 3 is 1.82 bits per heavy atom. The molecule has 0 aromatic rings. The fourth-order valence-corrected chi connectivity index (χ4v) is 1.73. The first-order valence-electron chi connectivity index (χ1n) is 6.65. The third kappa shape index (κ3) is 12.9. The highest BCUT2D eigenvalue weighted by Crippen LogP contribution is 2.09. The number of carboxylic acid groups (broad SMARTS) is 1. The third-order valence-electron chi connectivity index (χ3n) is 2.67. The van der Waals surface area contributed by atoms with Crippen molar-refractivity contribution in [3.05, 3.63) is 0 Å². The van der Waals surface area contributed by atoms with E-state index in [2.05, 4.69) is 5.32 Å². The van der Waals surface area contributed by atoms with E-state index in [1.807, 2.05) is 6.92 Å². The highest BCUT2D eigenvalue weighted by molar-refractivity contribution is 5.75. The Kier molecular flexibility index (Phi) is 10.7. The zero-order chi connectivity index (χ0) is 12.9. The molecule has 0 fully saturated rings. The van der Waals surface area contributed by atoms with Crippen LogP contribution in [0.1, 0.15) is 64.7 Å². The van der Waals surface area contributed by atoms with Gasteiger partial charge < -0.3 is 10.4 Å². The second kappa shape index (κ2) is 11.4. The van der Waals surface area contributed by atoms with Crippen LogP contribution in [-0.2, 0) is 9.59 Å². The van der Waals surface area contributed by atoms with Gasteiger partial charge in [0.15, 0.2) is 0 Å². The molecule has 0 saturated heterocycles. The molecule has 100 valence electrons. The second-order valence-electron chi connectivity index (χ2n) is 4.32. The van der Waals surface area contributed by atoms with Gasteiger partial charge in [-0.3, -0.25) is 9.59 Å². The predicted molar refractivity (Wildman–Crippen MR) is 67.9 cm³/mol. The zero-order valence-electron chi connectivity index (χ0n) is 10.8. The minimum absolute atomic E-state index is 0.147. The summed E-state index contributed by atoms with van der Waals surface area (Å²) >= 11 is 0. The minimum Gasteiger partial charge on any atom is -0.481 e. The van der Waals surface area contributed by atoms with Crippen LogP contribution < -0.4 is 5.32 Å². The van der Waals surface area contributed by atoms with Gasteiger partial charge in [0.05, 0.1) is 0 Å². The molecule has 0 saturated carbocycles. The first-order valence-corrected chi connectivity index (χ1v) is 6.65. The molecule has 4 nitrogen and oxygen atoms in total. The first kappa shape index (κ1) is 15.9. The maximum atomic E-state index is 11.1. The van der Waals surface area contributed by atoms with Crippen molar-refractivity contribution in [2.45, 2.75) is 64.7 Å². The van der Waals surface area contributed by atoms with Gasteiger partial charge >= 0.3 is 5.97 Å². The zero-order valence-corrected chi connectivity index (χ0v) is 10.8. The van der Waals surface area contributed by atoms with Gasteiger partial charge in [-0.2, -0.15) is 0 Å². The van der Waals surface area contributed by atoms with E-state index in [0.29, 0.717) is 13.0 Å². The summed E-state index contributed by atoms with van der Waals surface area (Å²) in [5.74, 6) is -0.555. The van der Waals surface area contributed by atoms with Gasteiger partial charge in [-0.25, -0.2) is 0 Å². The van der Waals surface area contributed by atoms with Crippen LogP contribution in [0, 0.1) is 0 Å². The number of aliphatic carboxylic acids is 1. The molecule has 17 heavy (non-hydrogen) atoms. The minimum atomic E-state index is -0.702. The Morgan fingerprint density at radius 1 is 0.882 bits per heavy atom. The van der Waals surface area contributed by atoms with Crippen molar-refractivity contribution in [3.63, 3.8) is 0 Å². The van der Waals surface area contributed by atoms with Crippen molar-refractivity contribution < 1.29 is 14.7 Å². The number of hydrogen-bond acceptors (Lipinski definition) is 2. The Balaban J connectivity index is 3.08. The SMILES string of the molecule is CCNC(=O)CCCCCCCCCC(=O)O. The van der Waals surface area contributed by atoms with Crippen LogP contribution in [-0.4, -0.2) is 23.5 Å². The fraction of sp³-hybridized carbons (Fsp3) is 0.846. The second-order valence-corrected chi connectivity index (χ2v) is 4.32. The summed E-state index contributed by atoms with van der Waals surface area (Å²) in [4.78, 5) is 21.4. The van der Waals surface area contributed by atoms with Crippen molar-refractivity contribution in [1.29, 1.82) is 0 Å². The Labute approximate surface area is 104 Å². The number of hydrogen-bond donors (Lipinski definition) is 2. The Hall–Kier alpha value is -1.06. The molecule has 0 aromatic carbocycles. The monoisotopic (exact) mass is 243 g/mol. The van der Waals surface area contributed by atoms with Gasteiger partial charge in [0.1, 0.15) is 0 Å². The average molecular weight is 243 g/mol. The van der Waals surface area contributed by atoms with Crippen LogP contribution in [0.2, 0.25) is 0 Å². The van der Waals surface area contributed by atoms with Crippen LogP contribution in [0.5, 0.6) is 0 Å². The summed E-state index contributed by atoms with van der Waals surface area (Å²) in [6.07, 6.45) is 8.16. The topological polar surface area (TPSA) is 66.4 Å². The maximum absolute atomic E-state index is 11.1. The highest BCUT2D eigenvalue weighted by atomic mass is 16.4. The molecule has 1 amide bonds.